The highest BCUT2D eigenvalue weighted by atomic mass is 16.5. The fourth-order valence-electron chi connectivity index (χ4n) is 2.01. The minimum atomic E-state index is -0.0811. The number of rotatable bonds is 8. The van der Waals surface area contributed by atoms with Crippen molar-refractivity contribution in [3.8, 4) is 0 Å². The zero-order valence-electron chi connectivity index (χ0n) is 13.4. The van der Waals surface area contributed by atoms with E-state index in [0.29, 0.717) is 19.1 Å². The molecule has 5 heteroatoms. The molecule has 0 saturated carbocycles. The molecule has 0 unspecified atom stereocenters. The van der Waals surface area contributed by atoms with Crippen molar-refractivity contribution in [2.45, 2.75) is 38.6 Å². The third kappa shape index (κ3) is 7.68. The van der Waals surface area contributed by atoms with Crippen LogP contribution >= 0.6 is 0 Å². The summed E-state index contributed by atoms with van der Waals surface area (Å²) in [4.78, 5) is 4.41. The number of aliphatic imine (C=N–C) groups is 1. The van der Waals surface area contributed by atoms with Gasteiger partial charge in [-0.2, -0.15) is 0 Å². The highest BCUT2D eigenvalue weighted by Crippen LogP contribution is 2.13. The molecule has 0 bridgehead atoms. The predicted molar refractivity (Wildman–Crippen MR) is 88.1 cm³/mol. The minimum absolute atomic E-state index is 0.0811. The maximum atomic E-state index is 5.53. The van der Waals surface area contributed by atoms with E-state index in [-0.39, 0.29) is 5.54 Å². The summed E-state index contributed by atoms with van der Waals surface area (Å²) in [5, 5.41) is 3.36. The second-order valence-electron chi connectivity index (χ2n) is 5.72. The second-order valence-corrected chi connectivity index (χ2v) is 5.72. The van der Waals surface area contributed by atoms with E-state index in [1.165, 1.54) is 5.56 Å². The quantitative estimate of drug-likeness (QED) is 0.225. The standard InChI is InChI=1S/C16H28N4O/c1-16(2,11-10-14-8-5-4-6-9-14)19-15(20-17)18-12-7-13-21-3/h4-6,8-9H,7,10-13,17H2,1-3H3,(H2,18,19,20). The lowest BCUT2D eigenvalue weighted by Gasteiger charge is -2.28. The average molecular weight is 292 g/mol. The summed E-state index contributed by atoms with van der Waals surface area (Å²) >= 11 is 0. The third-order valence-corrected chi connectivity index (χ3v) is 3.25. The molecule has 1 aromatic carbocycles. The second kappa shape index (κ2) is 9.37. The first kappa shape index (κ1) is 17.5. The highest BCUT2D eigenvalue weighted by molar-refractivity contribution is 5.79. The van der Waals surface area contributed by atoms with Crippen molar-refractivity contribution in [3.05, 3.63) is 35.9 Å². The maximum Gasteiger partial charge on any atom is 0.206 e. The van der Waals surface area contributed by atoms with Crippen LogP contribution in [0.2, 0.25) is 0 Å². The molecule has 5 nitrogen and oxygen atoms in total. The topological polar surface area (TPSA) is 71.7 Å². The summed E-state index contributed by atoms with van der Waals surface area (Å²) in [5.41, 5.74) is 3.89. The van der Waals surface area contributed by atoms with Gasteiger partial charge in [-0.3, -0.25) is 10.4 Å². The van der Waals surface area contributed by atoms with Gasteiger partial charge in [-0.1, -0.05) is 30.3 Å². The third-order valence-electron chi connectivity index (χ3n) is 3.25. The maximum absolute atomic E-state index is 5.53. The first-order chi connectivity index (χ1) is 10.1. The van der Waals surface area contributed by atoms with Crippen LogP contribution in [0.25, 0.3) is 0 Å². The van der Waals surface area contributed by atoms with Crippen LogP contribution in [0.3, 0.4) is 0 Å². The summed E-state index contributed by atoms with van der Waals surface area (Å²) in [5.74, 6) is 6.16. The van der Waals surface area contributed by atoms with Gasteiger partial charge in [0.15, 0.2) is 0 Å². The minimum Gasteiger partial charge on any atom is -0.385 e. The number of methoxy groups -OCH3 is 1. The molecule has 4 N–H and O–H groups in total. The Bertz CT molecular complexity index is 418. The molecule has 0 aliphatic rings. The zero-order chi connectivity index (χ0) is 15.6. The van der Waals surface area contributed by atoms with Crippen LogP contribution in [-0.4, -0.2) is 31.8 Å². The van der Waals surface area contributed by atoms with Gasteiger partial charge in [-0.05, 0) is 38.7 Å². The van der Waals surface area contributed by atoms with Gasteiger partial charge in [0.2, 0.25) is 5.96 Å². The average Bonchev–Trinajstić information content (AvgIpc) is 2.49. The van der Waals surface area contributed by atoms with Crippen molar-refractivity contribution in [1.29, 1.82) is 0 Å². The normalized spacial score (nSPS) is 12.3. The van der Waals surface area contributed by atoms with Crippen LogP contribution in [0, 0.1) is 0 Å². The van der Waals surface area contributed by atoms with Gasteiger partial charge in [0, 0.05) is 25.8 Å². The van der Waals surface area contributed by atoms with E-state index < -0.39 is 0 Å². The van der Waals surface area contributed by atoms with Crippen molar-refractivity contribution < 1.29 is 4.74 Å². The molecule has 0 saturated heterocycles. The first-order valence-corrected chi connectivity index (χ1v) is 7.39. The molecule has 0 heterocycles. The van der Waals surface area contributed by atoms with Gasteiger partial charge in [-0.25, -0.2) is 5.84 Å². The lowest BCUT2D eigenvalue weighted by molar-refractivity contribution is 0.197. The molecule has 0 spiro atoms. The van der Waals surface area contributed by atoms with Crippen molar-refractivity contribution in [2.24, 2.45) is 10.8 Å². The van der Waals surface area contributed by atoms with Gasteiger partial charge >= 0.3 is 0 Å². The Balaban J connectivity index is 2.44. The smallest absolute Gasteiger partial charge is 0.206 e. The Labute approximate surface area is 127 Å². The van der Waals surface area contributed by atoms with Gasteiger partial charge in [0.05, 0.1) is 0 Å². The van der Waals surface area contributed by atoms with E-state index in [1.807, 2.05) is 6.07 Å². The molecular weight excluding hydrogens is 264 g/mol. The fraction of sp³-hybridized carbons (Fsp3) is 0.562. The molecule has 0 atom stereocenters. The number of aryl methyl sites for hydroxylation is 1. The SMILES string of the molecule is COCCCN=C(NN)NC(C)(C)CCc1ccccc1. The summed E-state index contributed by atoms with van der Waals surface area (Å²) < 4.78 is 5.00. The lowest BCUT2D eigenvalue weighted by atomic mass is 9.95. The summed E-state index contributed by atoms with van der Waals surface area (Å²) in [6.45, 7) is 5.70. The molecular formula is C16H28N4O. The number of benzene rings is 1. The van der Waals surface area contributed by atoms with Crippen molar-refractivity contribution in [3.63, 3.8) is 0 Å². The fourth-order valence-corrected chi connectivity index (χ4v) is 2.01. The van der Waals surface area contributed by atoms with Crippen LogP contribution in [0.5, 0.6) is 0 Å². The number of ether oxygens (including phenoxy) is 1. The Hall–Kier alpha value is -1.59. The van der Waals surface area contributed by atoms with Crippen LogP contribution in [0.1, 0.15) is 32.3 Å². The Kier molecular flexibility index (Phi) is 7.79. The summed E-state index contributed by atoms with van der Waals surface area (Å²) in [7, 11) is 1.69. The van der Waals surface area contributed by atoms with Gasteiger partial charge in [0.25, 0.3) is 0 Å². The highest BCUT2D eigenvalue weighted by Gasteiger charge is 2.18. The predicted octanol–water partition coefficient (Wildman–Crippen LogP) is 1.84. The molecule has 0 aliphatic carbocycles. The Morgan fingerprint density at radius 3 is 2.62 bits per heavy atom. The van der Waals surface area contributed by atoms with E-state index in [9.17, 15) is 0 Å². The molecule has 0 aromatic heterocycles. The molecule has 118 valence electrons. The van der Waals surface area contributed by atoms with E-state index >= 15 is 0 Å². The lowest BCUT2D eigenvalue weighted by Crippen LogP contribution is -2.51. The molecule has 0 amide bonds. The summed E-state index contributed by atoms with van der Waals surface area (Å²) in [6.07, 6.45) is 2.89. The number of nitrogens with two attached hydrogens (primary N) is 1. The van der Waals surface area contributed by atoms with Crippen LogP contribution in [-0.2, 0) is 11.2 Å². The number of guanidine groups is 1. The molecule has 1 aromatic rings. The Morgan fingerprint density at radius 1 is 1.29 bits per heavy atom. The van der Waals surface area contributed by atoms with Crippen LogP contribution in [0.15, 0.2) is 35.3 Å². The number of hydrogen-bond donors (Lipinski definition) is 3. The van der Waals surface area contributed by atoms with Gasteiger partial charge in [-0.15, -0.1) is 0 Å². The largest absolute Gasteiger partial charge is 0.385 e. The number of nitrogens with zero attached hydrogens (tertiary/aromatic N) is 1. The van der Waals surface area contributed by atoms with E-state index in [0.717, 1.165) is 19.3 Å². The monoisotopic (exact) mass is 292 g/mol. The zero-order valence-corrected chi connectivity index (χ0v) is 13.4. The number of nitrogens with one attached hydrogen (secondary N) is 2. The van der Waals surface area contributed by atoms with E-state index in [1.54, 1.807) is 7.11 Å². The van der Waals surface area contributed by atoms with Crippen LogP contribution in [0.4, 0.5) is 0 Å². The number of hydrazine groups is 1. The van der Waals surface area contributed by atoms with Crippen LogP contribution < -0.4 is 16.6 Å². The molecule has 21 heavy (non-hydrogen) atoms. The van der Waals surface area contributed by atoms with Gasteiger partial charge < -0.3 is 10.1 Å². The molecule has 0 radical (unpaired) electrons. The Morgan fingerprint density at radius 2 is 2.00 bits per heavy atom. The van der Waals surface area contributed by atoms with E-state index in [2.05, 4.69) is 53.8 Å². The van der Waals surface area contributed by atoms with Crippen molar-refractivity contribution >= 4 is 5.96 Å². The van der Waals surface area contributed by atoms with Gasteiger partial charge in [0.1, 0.15) is 0 Å². The van der Waals surface area contributed by atoms with E-state index in [4.69, 9.17) is 10.6 Å². The molecule has 0 aliphatic heterocycles. The molecule has 1 rings (SSSR count). The molecule has 0 fully saturated rings. The van der Waals surface area contributed by atoms with Crippen molar-refractivity contribution in [1.82, 2.24) is 10.7 Å². The van der Waals surface area contributed by atoms with Crippen molar-refractivity contribution in [2.75, 3.05) is 20.3 Å². The summed E-state index contributed by atoms with van der Waals surface area (Å²) in [6, 6.07) is 10.5. The first-order valence-electron chi connectivity index (χ1n) is 7.39. The number of hydrogen-bond acceptors (Lipinski definition) is 3.